The zero-order valence-electron chi connectivity index (χ0n) is 17.2. The van der Waals surface area contributed by atoms with Gasteiger partial charge >= 0.3 is 0 Å². The number of aromatic nitrogens is 1. The molecule has 9 heteroatoms. The first kappa shape index (κ1) is 21.9. The molecular weight excluding hydrogens is 422 g/mol. The van der Waals surface area contributed by atoms with Gasteiger partial charge in [0, 0.05) is 30.7 Å². The molecule has 1 aromatic heterocycles. The average Bonchev–Trinajstić information content (AvgIpc) is 3.17. The van der Waals surface area contributed by atoms with Crippen LogP contribution in [0.4, 0.5) is 5.69 Å². The minimum absolute atomic E-state index is 0.0935. The predicted molar refractivity (Wildman–Crippen MR) is 118 cm³/mol. The van der Waals surface area contributed by atoms with E-state index < -0.39 is 10.0 Å². The highest BCUT2D eigenvalue weighted by atomic mass is 32.2. The molecule has 0 aliphatic carbocycles. The molecule has 0 saturated carbocycles. The van der Waals surface area contributed by atoms with Crippen LogP contribution in [-0.2, 0) is 21.2 Å². The number of aryl methyl sites for hydroxylation is 1. The van der Waals surface area contributed by atoms with Gasteiger partial charge in [-0.2, -0.15) is 0 Å². The summed E-state index contributed by atoms with van der Waals surface area (Å²) < 4.78 is 31.2. The fourth-order valence-corrected chi connectivity index (χ4v) is 4.75. The van der Waals surface area contributed by atoms with Crippen LogP contribution < -0.4 is 10.1 Å². The van der Waals surface area contributed by atoms with Crippen LogP contribution >= 0.6 is 11.3 Å². The largest absolute Gasteiger partial charge is 0.497 e. The smallest absolute Gasteiger partial charge is 0.242 e. The summed E-state index contributed by atoms with van der Waals surface area (Å²) in [4.78, 5) is 17.2. The number of anilines is 1. The van der Waals surface area contributed by atoms with E-state index in [2.05, 4.69) is 10.3 Å². The molecule has 30 heavy (non-hydrogen) atoms. The maximum Gasteiger partial charge on any atom is 0.242 e. The van der Waals surface area contributed by atoms with Crippen LogP contribution in [0.3, 0.4) is 0 Å². The van der Waals surface area contributed by atoms with Crippen LogP contribution in [0, 0.1) is 6.92 Å². The van der Waals surface area contributed by atoms with Crippen molar-refractivity contribution in [2.24, 2.45) is 0 Å². The molecule has 0 spiro atoms. The third-order valence-corrected chi connectivity index (χ3v) is 7.36. The number of methoxy groups -OCH3 is 1. The number of nitrogens with zero attached hydrogens (tertiary/aromatic N) is 2. The van der Waals surface area contributed by atoms with Gasteiger partial charge in [0.25, 0.3) is 0 Å². The van der Waals surface area contributed by atoms with E-state index >= 15 is 0 Å². The zero-order valence-corrected chi connectivity index (χ0v) is 18.8. The lowest BCUT2D eigenvalue weighted by Crippen LogP contribution is -2.23. The molecule has 0 radical (unpaired) electrons. The lowest BCUT2D eigenvalue weighted by Gasteiger charge is -2.15. The summed E-state index contributed by atoms with van der Waals surface area (Å²) in [7, 11) is 0.968. The van der Waals surface area contributed by atoms with E-state index in [1.807, 2.05) is 29.6 Å². The van der Waals surface area contributed by atoms with Gasteiger partial charge in [-0.25, -0.2) is 17.7 Å². The minimum atomic E-state index is -3.59. The summed E-state index contributed by atoms with van der Waals surface area (Å²) in [5, 5.41) is 5.42. The lowest BCUT2D eigenvalue weighted by atomic mass is 10.2. The van der Waals surface area contributed by atoms with Crippen LogP contribution in [0.1, 0.15) is 11.3 Å². The van der Waals surface area contributed by atoms with Crippen molar-refractivity contribution < 1.29 is 17.9 Å². The van der Waals surface area contributed by atoms with Crippen LogP contribution in [0.25, 0.3) is 10.6 Å². The van der Waals surface area contributed by atoms with Gasteiger partial charge in [-0.05, 0) is 48.9 Å². The van der Waals surface area contributed by atoms with Crippen molar-refractivity contribution in [3.8, 4) is 16.3 Å². The fraction of sp³-hybridized carbons (Fsp3) is 0.238. The van der Waals surface area contributed by atoms with Gasteiger partial charge in [0.2, 0.25) is 15.9 Å². The topological polar surface area (TPSA) is 88.6 Å². The van der Waals surface area contributed by atoms with Crippen molar-refractivity contribution in [2.45, 2.75) is 18.2 Å². The van der Waals surface area contributed by atoms with Crippen molar-refractivity contribution in [3.63, 3.8) is 0 Å². The van der Waals surface area contributed by atoms with Crippen molar-refractivity contribution in [1.29, 1.82) is 0 Å². The predicted octanol–water partition coefficient (Wildman–Crippen LogP) is 3.56. The Kier molecular flexibility index (Phi) is 6.55. The Morgan fingerprint density at radius 1 is 1.17 bits per heavy atom. The van der Waals surface area contributed by atoms with Gasteiger partial charge in [-0.3, -0.25) is 4.79 Å². The molecule has 0 bridgehead atoms. The third-order valence-electron chi connectivity index (χ3n) is 4.46. The molecule has 0 saturated heterocycles. The Bertz CT molecular complexity index is 1150. The van der Waals surface area contributed by atoms with Gasteiger partial charge in [-0.1, -0.05) is 6.07 Å². The molecule has 0 fully saturated rings. The van der Waals surface area contributed by atoms with Gasteiger partial charge in [0.05, 0.1) is 24.1 Å². The van der Waals surface area contributed by atoms with Crippen LogP contribution in [0.5, 0.6) is 5.75 Å². The van der Waals surface area contributed by atoms with E-state index in [1.54, 1.807) is 26.2 Å². The van der Waals surface area contributed by atoms with Gasteiger partial charge in [-0.15, -0.1) is 11.3 Å². The Morgan fingerprint density at radius 3 is 2.50 bits per heavy atom. The molecule has 3 aromatic rings. The maximum atomic E-state index is 12.5. The number of nitrogens with one attached hydrogen (secondary N) is 1. The second-order valence-corrected chi connectivity index (χ2v) is 9.84. The molecule has 7 nitrogen and oxygen atoms in total. The highest BCUT2D eigenvalue weighted by Crippen LogP contribution is 2.26. The summed E-state index contributed by atoms with van der Waals surface area (Å²) in [6.45, 7) is 1.72. The first-order chi connectivity index (χ1) is 14.2. The quantitative estimate of drug-likeness (QED) is 0.601. The van der Waals surface area contributed by atoms with Gasteiger partial charge in [0.1, 0.15) is 10.8 Å². The number of carbonyl (C=O) groups is 1. The number of ether oxygens (including phenoxy) is 1. The normalized spacial score (nSPS) is 11.5. The summed E-state index contributed by atoms with van der Waals surface area (Å²) in [5.74, 6) is 0.502. The Hall–Kier alpha value is -2.75. The summed E-state index contributed by atoms with van der Waals surface area (Å²) in [6, 6.07) is 12.4. The maximum absolute atomic E-state index is 12.5. The molecule has 0 aliphatic heterocycles. The van der Waals surface area contributed by atoms with Crippen molar-refractivity contribution in [3.05, 3.63) is 59.1 Å². The monoisotopic (exact) mass is 445 g/mol. The molecule has 3 rings (SSSR count). The fourth-order valence-electron chi connectivity index (χ4n) is 2.78. The third kappa shape index (κ3) is 4.86. The van der Waals surface area contributed by atoms with E-state index in [0.29, 0.717) is 16.9 Å². The van der Waals surface area contributed by atoms with Crippen LogP contribution in [0.15, 0.2) is 52.7 Å². The number of rotatable bonds is 7. The Labute approximate surface area is 180 Å². The van der Waals surface area contributed by atoms with Crippen molar-refractivity contribution in [2.75, 3.05) is 26.5 Å². The summed E-state index contributed by atoms with van der Waals surface area (Å²) >= 11 is 1.46. The molecule has 0 atom stereocenters. The highest BCUT2D eigenvalue weighted by Gasteiger charge is 2.20. The van der Waals surface area contributed by atoms with E-state index in [0.717, 1.165) is 20.6 Å². The Balaban J connectivity index is 1.71. The Morgan fingerprint density at radius 2 is 1.87 bits per heavy atom. The molecular formula is C21H23N3O4S2. The molecule has 1 heterocycles. The summed E-state index contributed by atoms with van der Waals surface area (Å²) in [5.41, 5.74) is 2.64. The minimum Gasteiger partial charge on any atom is -0.497 e. The molecule has 0 unspecified atom stereocenters. The zero-order chi connectivity index (χ0) is 21.9. The van der Waals surface area contributed by atoms with Crippen LogP contribution in [0.2, 0.25) is 0 Å². The number of sulfonamides is 1. The number of benzene rings is 2. The number of amides is 1. The molecule has 158 valence electrons. The number of hydrogen-bond donors (Lipinski definition) is 1. The van der Waals surface area contributed by atoms with E-state index in [1.165, 1.54) is 31.5 Å². The van der Waals surface area contributed by atoms with Crippen molar-refractivity contribution >= 4 is 33.0 Å². The average molecular weight is 446 g/mol. The van der Waals surface area contributed by atoms with E-state index in [-0.39, 0.29) is 17.2 Å². The summed E-state index contributed by atoms with van der Waals surface area (Å²) in [6.07, 6.45) is 0.0935. The van der Waals surface area contributed by atoms with E-state index in [4.69, 9.17) is 4.74 Å². The van der Waals surface area contributed by atoms with Crippen LogP contribution in [-0.4, -0.2) is 44.8 Å². The lowest BCUT2D eigenvalue weighted by molar-refractivity contribution is -0.115. The number of hydrogen-bond acceptors (Lipinski definition) is 6. The van der Waals surface area contributed by atoms with Gasteiger partial charge < -0.3 is 10.1 Å². The highest BCUT2D eigenvalue weighted by molar-refractivity contribution is 7.89. The van der Waals surface area contributed by atoms with Gasteiger partial charge in [0.15, 0.2) is 0 Å². The van der Waals surface area contributed by atoms with Crippen molar-refractivity contribution in [1.82, 2.24) is 9.29 Å². The first-order valence-corrected chi connectivity index (χ1v) is 11.4. The standard InChI is InChI=1S/C21H23N3O4S2/c1-14-5-8-16(11-19(14)30(26,27)24(2)3)22-20(25)12-17-13-29-21(23-17)15-6-9-18(28-4)10-7-15/h5-11,13H,12H2,1-4H3,(H,22,25). The second kappa shape index (κ2) is 8.95. The molecule has 1 N–H and O–H groups in total. The second-order valence-electron chi connectivity index (χ2n) is 6.87. The molecule has 1 amide bonds. The molecule has 0 aliphatic rings. The van der Waals surface area contributed by atoms with E-state index in [9.17, 15) is 13.2 Å². The number of thiazole rings is 1. The SMILES string of the molecule is COc1ccc(-c2nc(CC(=O)Nc3ccc(C)c(S(=O)(=O)N(C)C)c3)cs2)cc1. The number of carbonyl (C=O) groups excluding carboxylic acids is 1. The molecule has 2 aromatic carbocycles. The first-order valence-electron chi connectivity index (χ1n) is 9.12.